The van der Waals surface area contributed by atoms with Crippen molar-refractivity contribution in [2.24, 2.45) is 0 Å². The standard InChI is InChI=1S/C71H43N7/c72-44-45-27-29-46(30-28-45)61-43-70(77-64-25-13-9-21-55(64)59-41-49(33-37-68(59)77)47-31-35-66-57(39-47)53-19-7-11-23-62(53)75(66)51-15-3-1-4-16-51)74-71(73-61)78-65-26-14-10-22-56(65)60-42-50(34-38-69(60)78)48-32-36-67-58(40-48)54-20-8-12-24-63(54)76(67)52-17-5-2-6-18-52/h1-43H. The smallest absolute Gasteiger partial charge is 0.237 e. The molecule has 5 heterocycles. The van der Waals surface area contributed by atoms with E-state index in [0.717, 1.165) is 94.3 Å². The third kappa shape index (κ3) is 6.64. The summed E-state index contributed by atoms with van der Waals surface area (Å²) in [5, 5.41) is 19.1. The molecule has 0 bridgehead atoms. The number of hydrogen-bond acceptors (Lipinski definition) is 3. The first-order valence-corrected chi connectivity index (χ1v) is 26.3. The van der Waals surface area contributed by atoms with Gasteiger partial charge in [0.15, 0.2) is 0 Å². The van der Waals surface area contributed by atoms with Crippen molar-refractivity contribution in [2.45, 2.75) is 0 Å². The topological polar surface area (TPSA) is 69.3 Å². The van der Waals surface area contributed by atoms with Crippen LogP contribution in [0, 0.1) is 11.3 Å². The molecule has 5 aromatic heterocycles. The highest BCUT2D eigenvalue weighted by Gasteiger charge is 2.22. The van der Waals surface area contributed by atoms with Crippen molar-refractivity contribution in [1.82, 2.24) is 28.2 Å². The fourth-order valence-corrected chi connectivity index (χ4v) is 12.3. The summed E-state index contributed by atoms with van der Waals surface area (Å²) in [5.74, 6) is 1.28. The number of hydrogen-bond donors (Lipinski definition) is 0. The molecule has 362 valence electrons. The Hall–Kier alpha value is -10.8. The minimum Gasteiger partial charge on any atom is -0.309 e. The van der Waals surface area contributed by atoms with E-state index in [0.29, 0.717) is 11.5 Å². The van der Waals surface area contributed by atoms with Crippen LogP contribution in [0.4, 0.5) is 0 Å². The molecule has 0 aliphatic rings. The Kier molecular flexibility index (Phi) is 9.56. The lowest BCUT2D eigenvalue weighted by Gasteiger charge is -2.14. The van der Waals surface area contributed by atoms with Gasteiger partial charge in [0.1, 0.15) is 5.82 Å². The zero-order chi connectivity index (χ0) is 51.4. The maximum atomic E-state index is 9.81. The minimum absolute atomic E-state index is 0.548. The van der Waals surface area contributed by atoms with Crippen molar-refractivity contribution >= 4 is 87.2 Å². The van der Waals surface area contributed by atoms with E-state index in [1.807, 2.05) is 24.3 Å². The fraction of sp³-hybridized carbons (Fsp3) is 0. The second kappa shape index (κ2) is 17.1. The fourth-order valence-electron chi connectivity index (χ4n) is 12.3. The lowest BCUT2D eigenvalue weighted by atomic mass is 10.0. The van der Waals surface area contributed by atoms with Gasteiger partial charge in [-0.3, -0.25) is 9.13 Å². The van der Waals surface area contributed by atoms with Gasteiger partial charge in [-0.2, -0.15) is 10.2 Å². The Morgan fingerprint density at radius 3 is 1.03 bits per heavy atom. The van der Waals surface area contributed by atoms with Crippen LogP contribution < -0.4 is 0 Å². The highest BCUT2D eigenvalue weighted by atomic mass is 15.2. The first-order valence-electron chi connectivity index (χ1n) is 26.3. The Morgan fingerprint density at radius 1 is 0.269 bits per heavy atom. The molecule has 0 fully saturated rings. The van der Waals surface area contributed by atoms with E-state index in [2.05, 4.69) is 261 Å². The molecule has 11 aromatic carbocycles. The Morgan fingerprint density at radius 2 is 0.603 bits per heavy atom. The zero-order valence-electron chi connectivity index (χ0n) is 42.0. The first kappa shape index (κ1) is 43.6. The van der Waals surface area contributed by atoms with Crippen molar-refractivity contribution < 1.29 is 0 Å². The first-order chi connectivity index (χ1) is 38.6. The number of nitriles is 1. The Bertz CT molecular complexity index is 4850. The van der Waals surface area contributed by atoms with Crippen molar-refractivity contribution in [1.29, 1.82) is 5.26 Å². The third-order valence-electron chi connectivity index (χ3n) is 15.8. The van der Waals surface area contributed by atoms with Crippen LogP contribution in [-0.4, -0.2) is 28.2 Å². The van der Waals surface area contributed by atoms with Gasteiger partial charge in [0.05, 0.1) is 61.5 Å². The Balaban J connectivity index is 0.866. The SMILES string of the molecule is N#Cc1ccc(-c2cc(-n3c4ccccc4c4cc(-c5ccc6c(c5)c5ccccc5n6-c5ccccc5)ccc43)nc(-n3c4ccccc4c4cc(-c5ccc6c(c5)c5ccccc5n6-c5ccccc5)ccc43)n2)cc1. The molecule has 0 unspecified atom stereocenters. The average Bonchev–Trinajstić information content (AvgIpc) is 4.29. The summed E-state index contributed by atoms with van der Waals surface area (Å²) < 4.78 is 9.20. The van der Waals surface area contributed by atoms with Crippen LogP contribution in [-0.2, 0) is 0 Å². The van der Waals surface area contributed by atoms with Crippen LogP contribution >= 0.6 is 0 Å². The molecular weight excluding hydrogens is 951 g/mol. The van der Waals surface area contributed by atoms with Gasteiger partial charge < -0.3 is 9.13 Å². The predicted octanol–water partition coefficient (Wildman–Crippen LogP) is 17.7. The minimum atomic E-state index is 0.548. The maximum Gasteiger partial charge on any atom is 0.237 e. The molecule has 0 spiro atoms. The monoisotopic (exact) mass is 993 g/mol. The van der Waals surface area contributed by atoms with Gasteiger partial charge in [-0.25, -0.2) is 4.98 Å². The van der Waals surface area contributed by atoms with Gasteiger partial charge in [0, 0.05) is 66.1 Å². The van der Waals surface area contributed by atoms with Crippen LogP contribution in [0.25, 0.3) is 144 Å². The van der Waals surface area contributed by atoms with Crippen LogP contribution in [0.1, 0.15) is 5.56 Å². The van der Waals surface area contributed by atoms with Gasteiger partial charge in [-0.1, -0.05) is 146 Å². The third-order valence-corrected chi connectivity index (χ3v) is 15.8. The summed E-state index contributed by atoms with van der Waals surface area (Å²) >= 11 is 0. The van der Waals surface area contributed by atoms with E-state index in [4.69, 9.17) is 9.97 Å². The van der Waals surface area contributed by atoms with E-state index < -0.39 is 0 Å². The molecule has 0 saturated carbocycles. The largest absolute Gasteiger partial charge is 0.309 e. The van der Waals surface area contributed by atoms with Gasteiger partial charge in [0.2, 0.25) is 5.95 Å². The number of rotatable bonds is 7. The van der Waals surface area contributed by atoms with Gasteiger partial charge in [-0.15, -0.1) is 0 Å². The molecule has 0 aliphatic heterocycles. The van der Waals surface area contributed by atoms with Crippen LogP contribution in [0.15, 0.2) is 261 Å². The van der Waals surface area contributed by atoms with Crippen molar-refractivity contribution in [3.8, 4) is 62.7 Å². The quantitative estimate of drug-likeness (QED) is 0.160. The zero-order valence-corrected chi connectivity index (χ0v) is 42.0. The van der Waals surface area contributed by atoms with Crippen LogP contribution in [0.5, 0.6) is 0 Å². The van der Waals surface area contributed by atoms with Crippen LogP contribution in [0.2, 0.25) is 0 Å². The molecule has 78 heavy (non-hydrogen) atoms. The van der Waals surface area contributed by atoms with Crippen molar-refractivity contribution in [3.63, 3.8) is 0 Å². The van der Waals surface area contributed by atoms with Gasteiger partial charge in [0.25, 0.3) is 0 Å². The second-order valence-corrected chi connectivity index (χ2v) is 20.1. The molecule has 7 nitrogen and oxygen atoms in total. The lowest BCUT2D eigenvalue weighted by Crippen LogP contribution is -2.07. The van der Waals surface area contributed by atoms with E-state index in [1.165, 1.54) is 43.6 Å². The van der Waals surface area contributed by atoms with E-state index in [9.17, 15) is 5.26 Å². The molecule has 0 amide bonds. The molecule has 16 aromatic rings. The average molecular weight is 994 g/mol. The molecule has 7 heteroatoms. The summed E-state index contributed by atoms with van der Waals surface area (Å²) in [7, 11) is 0. The van der Waals surface area contributed by atoms with Gasteiger partial charge in [-0.05, 0) is 131 Å². The number of para-hydroxylation sites is 6. The highest BCUT2D eigenvalue weighted by molar-refractivity contribution is 6.15. The van der Waals surface area contributed by atoms with Gasteiger partial charge >= 0.3 is 0 Å². The summed E-state index contributed by atoms with van der Waals surface area (Å²) in [5.41, 5.74) is 17.8. The molecular formula is C71H43N7. The van der Waals surface area contributed by atoms with Crippen molar-refractivity contribution in [2.75, 3.05) is 0 Å². The van der Waals surface area contributed by atoms with Crippen molar-refractivity contribution in [3.05, 3.63) is 266 Å². The predicted molar refractivity (Wildman–Crippen MR) is 320 cm³/mol. The molecule has 16 rings (SSSR count). The molecule has 0 N–H and O–H groups in total. The molecule has 0 radical (unpaired) electrons. The van der Waals surface area contributed by atoms with Crippen LogP contribution in [0.3, 0.4) is 0 Å². The molecule has 0 saturated heterocycles. The second-order valence-electron chi connectivity index (χ2n) is 20.1. The number of aromatic nitrogens is 6. The number of nitrogens with zero attached hydrogens (tertiary/aromatic N) is 7. The number of fused-ring (bicyclic) bond motifs is 12. The van der Waals surface area contributed by atoms with E-state index in [-0.39, 0.29) is 0 Å². The molecule has 0 aliphatic carbocycles. The summed E-state index contributed by atoms with van der Waals surface area (Å²) in [6.07, 6.45) is 0. The normalized spacial score (nSPS) is 11.8. The van der Waals surface area contributed by atoms with E-state index in [1.54, 1.807) is 0 Å². The summed E-state index contributed by atoms with van der Waals surface area (Å²) in [6.45, 7) is 0. The molecule has 0 atom stereocenters. The maximum absolute atomic E-state index is 9.81. The van der Waals surface area contributed by atoms with E-state index >= 15 is 0 Å². The Labute approximate surface area is 447 Å². The summed E-state index contributed by atoms with van der Waals surface area (Å²) in [4.78, 5) is 11.0. The number of benzene rings is 11. The summed E-state index contributed by atoms with van der Waals surface area (Å²) in [6, 6.07) is 95.0. The highest BCUT2D eigenvalue weighted by Crippen LogP contribution is 2.41. The lowest BCUT2D eigenvalue weighted by molar-refractivity contribution is 0.952.